The summed E-state index contributed by atoms with van der Waals surface area (Å²) in [5, 5.41) is 3.16. The van der Waals surface area contributed by atoms with E-state index in [0.29, 0.717) is 40.2 Å². The fraction of sp³-hybridized carbons (Fsp3) is 0.316. The maximum atomic E-state index is 12.5. The maximum Gasteiger partial charge on any atom is 0.345 e. The van der Waals surface area contributed by atoms with Crippen molar-refractivity contribution in [2.75, 3.05) is 18.6 Å². The van der Waals surface area contributed by atoms with E-state index in [-0.39, 0.29) is 5.91 Å². The van der Waals surface area contributed by atoms with Gasteiger partial charge in [0.1, 0.15) is 0 Å². The number of methoxy groups -OCH3 is 1. The van der Waals surface area contributed by atoms with Gasteiger partial charge in [-0.15, -0.1) is 11.3 Å². The summed E-state index contributed by atoms with van der Waals surface area (Å²) in [5.74, 6) is 1.04. The van der Waals surface area contributed by atoms with E-state index >= 15 is 0 Å². The fourth-order valence-electron chi connectivity index (χ4n) is 2.87. The molecule has 6 nitrogen and oxygen atoms in total. The molecule has 1 aromatic carbocycles. The van der Waals surface area contributed by atoms with Crippen LogP contribution in [0.3, 0.4) is 0 Å². The first-order valence-corrected chi connectivity index (χ1v) is 9.29. The molecule has 3 aromatic rings. The predicted molar refractivity (Wildman–Crippen MR) is 101 cm³/mol. The van der Waals surface area contributed by atoms with Crippen LogP contribution in [0, 0.1) is 5.92 Å². The zero-order chi connectivity index (χ0) is 18.3. The van der Waals surface area contributed by atoms with Crippen LogP contribution in [0.15, 0.2) is 38.9 Å². The zero-order valence-corrected chi connectivity index (χ0v) is 15.3. The van der Waals surface area contributed by atoms with Crippen LogP contribution in [0.1, 0.15) is 19.8 Å². The van der Waals surface area contributed by atoms with E-state index in [4.69, 9.17) is 9.15 Å². The van der Waals surface area contributed by atoms with Gasteiger partial charge in [0.15, 0.2) is 16.5 Å². The monoisotopic (exact) mass is 370 g/mol. The molecule has 0 unspecified atom stereocenters. The molecule has 1 aliphatic rings. The summed E-state index contributed by atoms with van der Waals surface area (Å²) in [4.78, 5) is 30.6. The normalized spacial score (nSPS) is 13.8. The average molecular weight is 370 g/mol. The molecule has 4 rings (SSSR count). The SMILES string of the molecule is COc1cccc2cc(-c3csc(N(CC4CC4)C(C)=O)n3)c(=O)oc12. The zero-order valence-electron chi connectivity index (χ0n) is 14.5. The summed E-state index contributed by atoms with van der Waals surface area (Å²) in [6.07, 6.45) is 2.30. The molecule has 0 bridgehead atoms. The van der Waals surface area contributed by atoms with Gasteiger partial charge in [-0.2, -0.15) is 0 Å². The smallest absolute Gasteiger partial charge is 0.345 e. The molecule has 0 saturated heterocycles. The largest absolute Gasteiger partial charge is 0.493 e. The lowest BCUT2D eigenvalue weighted by atomic mass is 10.1. The summed E-state index contributed by atoms with van der Waals surface area (Å²) in [6, 6.07) is 7.19. The first kappa shape index (κ1) is 16.8. The van der Waals surface area contributed by atoms with Crippen LogP contribution in [-0.2, 0) is 4.79 Å². The van der Waals surface area contributed by atoms with Crippen molar-refractivity contribution in [2.24, 2.45) is 5.92 Å². The molecule has 0 atom stereocenters. The van der Waals surface area contributed by atoms with Crippen molar-refractivity contribution in [3.8, 4) is 17.0 Å². The molecular formula is C19H18N2O4S. The van der Waals surface area contributed by atoms with Gasteiger partial charge >= 0.3 is 5.63 Å². The number of nitrogens with zero attached hydrogens (tertiary/aromatic N) is 2. The topological polar surface area (TPSA) is 72.6 Å². The minimum Gasteiger partial charge on any atom is -0.493 e. The van der Waals surface area contributed by atoms with Crippen molar-refractivity contribution in [1.29, 1.82) is 0 Å². The summed E-state index contributed by atoms with van der Waals surface area (Å²) >= 11 is 1.36. The predicted octanol–water partition coefficient (Wildman–Crippen LogP) is 3.69. The molecule has 0 spiro atoms. The molecule has 0 aliphatic heterocycles. The number of rotatable bonds is 5. The Hall–Kier alpha value is -2.67. The number of fused-ring (bicyclic) bond motifs is 1. The highest BCUT2D eigenvalue weighted by Gasteiger charge is 2.28. The van der Waals surface area contributed by atoms with E-state index in [1.807, 2.05) is 12.1 Å². The van der Waals surface area contributed by atoms with E-state index in [0.717, 1.165) is 18.2 Å². The molecule has 2 aromatic heterocycles. The highest BCUT2D eigenvalue weighted by molar-refractivity contribution is 7.14. The van der Waals surface area contributed by atoms with Crippen LogP contribution in [0.4, 0.5) is 5.13 Å². The van der Waals surface area contributed by atoms with Crippen LogP contribution in [0.2, 0.25) is 0 Å². The molecule has 0 radical (unpaired) electrons. The number of hydrogen-bond donors (Lipinski definition) is 0. The lowest BCUT2D eigenvalue weighted by molar-refractivity contribution is -0.116. The van der Waals surface area contributed by atoms with Crippen LogP contribution < -0.4 is 15.3 Å². The quantitative estimate of drug-likeness (QED) is 0.641. The molecular weight excluding hydrogens is 352 g/mol. The highest BCUT2D eigenvalue weighted by Crippen LogP contribution is 2.34. The van der Waals surface area contributed by atoms with Gasteiger partial charge in [-0.25, -0.2) is 9.78 Å². The van der Waals surface area contributed by atoms with Crippen LogP contribution in [-0.4, -0.2) is 24.5 Å². The van der Waals surface area contributed by atoms with E-state index in [9.17, 15) is 9.59 Å². The highest BCUT2D eigenvalue weighted by atomic mass is 32.1. The second-order valence-electron chi connectivity index (χ2n) is 6.41. The van der Waals surface area contributed by atoms with Gasteiger partial charge in [-0.3, -0.25) is 9.69 Å². The first-order chi connectivity index (χ1) is 12.6. The number of hydrogen-bond acceptors (Lipinski definition) is 6. The van der Waals surface area contributed by atoms with Crippen LogP contribution >= 0.6 is 11.3 Å². The summed E-state index contributed by atoms with van der Waals surface area (Å²) in [5.41, 5.74) is 0.836. The Balaban J connectivity index is 1.74. The van der Waals surface area contributed by atoms with Gasteiger partial charge in [0.25, 0.3) is 0 Å². The number of thiazole rings is 1. The van der Waals surface area contributed by atoms with Gasteiger partial charge in [0.05, 0.1) is 18.4 Å². The van der Waals surface area contributed by atoms with E-state index in [1.54, 1.807) is 29.3 Å². The third-order valence-corrected chi connectivity index (χ3v) is 5.32. The number of benzene rings is 1. The minimum absolute atomic E-state index is 0.0342. The maximum absolute atomic E-state index is 12.5. The molecule has 1 amide bonds. The molecule has 7 heteroatoms. The Kier molecular flexibility index (Phi) is 4.24. The summed E-state index contributed by atoms with van der Waals surface area (Å²) in [7, 11) is 1.53. The average Bonchev–Trinajstić information content (AvgIpc) is 3.33. The number of carbonyl (C=O) groups is 1. The Morgan fingerprint density at radius 3 is 2.92 bits per heavy atom. The number of carbonyl (C=O) groups excluding carboxylic acids is 1. The molecule has 1 aliphatic carbocycles. The van der Waals surface area contributed by atoms with Gasteiger partial charge in [0, 0.05) is 24.2 Å². The third kappa shape index (κ3) is 3.10. The lowest BCUT2D eigenvalue weighted by Gasteiger charge is -2.17. The van der Waals surface area contributed by atoms with Gasteiger partial charge in [-0.1, -0.05) is 12.1 Å². The molecule has 1 fully saturated rings. The van der Waals surface area contributed by atoms with Crippen molar-refractivity contribution in [3.63, 3.8) is 0 Å². The van der Waals surface area contributed by atoms with Gasteiger partial charge < -0.3 is 9.15 Å². The van der Waals surface area contributed by atoms with E-state index < -0.39 is 5.63 Å². The van der Waals surface area contributed by atoms with Crippen molar-refractivity contribution >= 4 is 33.3 Å². The molecule has 1 saturated carbocycles. The number of ether oxygens (including phenoxy) is 1. The number of anilines is 1. The Labute approximate surface area is 154 Å². The van der Waals surface area contributed by atoms with Crippen molar-refractivity contribution < 1.29 is 13.9 Å². The fourth-order valence-corrected chi connectivity index (χ4v) is 3.75. The Morgan fingerprint density at radius 2 is 2.23 bits per heavy atom. The molecule has 134 valence electrons. The van der Waals surface area contributed by atoms with E-state index in [2.05, 4.69) is 4.98 Å². The van der Waals surface area contributed by atoms with Gasteiger partial charge in [0.2, 0.25) is 5.91 Å². The van der Waals surface area contributed by atoms with E-state index in [1.165, 1.54) is 18.4 Å². The van der Waals surface area contributed by atoms with Crippen LogP contribution in [0.25, 0.3) is 22.2 Å². The number of aromatic nitrogens is 1. The minimum atomic E-state index is -0.476. The Morgan fingerprint density at radius 1 is 1.42 bits per heavy atom. The standard InChI is InChI=1S/C19H18N2O4S/c1-11(22)21(9-12-6-7-12)19-20-15(10-26-19)14-8-13-4-3-5-16(24-2)17(13)25-18(14)23/h3-5,8,10,12H,6-7,9H2,1-2H3. The second-order valence-corrected chi connectivity index (χ2v) is 7.25. The van der Waals surface area contributed by atoms with Crippen molar-refractivity contribution in [1.82, 2.24) is 4.98 Å². The summed E-state index contributed by atoms with van der Waals surface area (Å²) < 4.78 is 10.7. The van der Waals surface area contributed by atoms with Crippen molar-refractivity contribution in [3.05, 3.63) is 40.1 Å². The molecule has 2 heterocycles. The van der Waals surface area contributed by atoms with Crippen molar-refractivity contribution in [2.45, 2.75) is 19.8 Å². The van der Waals surface area contributed by atoms with Gasteiger partial charge in [-0.05, 0) is 30.9 Å². The molecule has 26 heavy (non-hydrogen) atoms. The number of amides is 1. The number of para-hydroxylation sites is 1. The third-order valence-electron chi connectivity index (χ3n) is 4.46. The second kappa shape index (κ2) is 6.57. The lowest BCUT2D eigenvalue weighted by Crippen LogP contribution is -2.30. The van der Waals surface area contributed by atoms with Crippen LogP contribution in [0.5, 0.6) is 5.75 Å². The molecule has 0 N–H and O–H groups in total. The Bertz CT molecular complexity index is 1040. The first-order valence-electron chi connectivity index (χ1n) is 8.41. The summed E-state index contributed by atoms with van der Waals surface area (Å²) in [6.45, 7) is 2.23.